The van der Waals surface area contributed by atoms with E-state index < -0.39 is 34.4 Å². The monoisotopic (exact) mass is 378 g/mol. The number of carbonyl (C=O) groups excluding carboxylic acids is 2. The van der Waals surface area contributed by atoms with Gasteiger partial charge in [0.15, 0.2) is 0 Å². The average Bonchev–Trinajstić information content (AvgIpc) is 2.96. The molecule has 3 aliphatic heterocycles. The lowest BCUT2D eigenvalue weighted by molar-refractivity contribution is -0.147. The van der Waals surface area contributed by atoms with Crippen LogP contribution in [0.15, 0.2) is 0 Å². The van der Waals surface area contributed by atoms with Crippen molar-refractivity contribution >= 4 is 22.3 Å². The second-order valence-corrected chi connectivity index (χ2v) is 8.21. The molecule has 3 atom stereocenters. The Kier molecular flexibility index (Phi) is 4.66. The number of hydroxylamine groups is 3. The fourth-order valence-electron chi connectivity index (χ4n) is 3.42. The fourth-order valence-corrected chi connectivity index (χ4v) is 3.81. The van der Waals surface area contributed by atoms with Gasteiger partial charge in [0, 0.05) is 25.0 Å². The van der Waals surface area contributed by atoms with Crippen molar-refractivity contribution in [2.24, 2.45) is 5.41 Å². The van der Waals surface area contributed by atoms with Crippen LogP contribution in [0.5, 0.6) is 0 Å². The first-order valence-corrected chi connectivity index (χ1v) is 9.38. The largest absolute Gasteiger partial charge is 0.418 e. The van der Waals surface area contributed by atoms with Gasteiger partial charge in [-0.25, -0.2) is 10.3 Å². The van der Waals surface area contributed by atoms with Crippen molar-refractivity contribution in [3.8, 4) is 0 Å². The number of urea groups is 1. The second kappa shape index (κ2) is 6.36. The number of fused-ring (bicyclic) bond motifs is 2. The van der Waals surface area contributed by atoms with E-state index in [0.29, 0.717) is 24.4 Å². The molecule has 3 fully saturated rings. The molecule has 0 aromatic rings. The molecule has 12 heteroatoms. The van der Waals surface area contributed by atoms with Crippen molar-refractivity contribution in [2.75, 3.05) is 19.6 Å². The molecule has 3 rings (SSSR count). The van der Waals surface area contributed by atoms with Crippen molar-refractivity contribution in [3.63, 3.8) is 0 Å². The third kappa shape index (κ3) is 3.72. The zero-order valence-corrected chi connectivity index (χ0v) is 14.8. The standard InChI is InChI=1S/C13H22N4O7S/c1-13(2)7-14-5-10(13)23-15-11(18)9-4-3-8-6-16(9)12(19)17(8)24-25(20,21)22/h8-10,14H,3-7H2,1-2H3,(H,15,18)(H,20,21,22)/t8-,9+,10?/m1/s1. The number of hydrogen-bond donors (Lipinski definition) is 3. The highest BCUT2D eigenvalue weighted by Crippen LogP contribution is 2.31. The Balaban J connectivity index is 1.61. The highest BCUT2D eigenvalue weighted by molar-refractivity contribution is 7.80. The van der Waals surface area contributed by atoms with Gasteiger partial charge >= 0.3 is 16.4 Å². The Labute approximate surface area is 145 Å². The Hall–Kier alpha value is -1.47. The van der Waals surface area contributed by atoms with Crippen molar-refractivity contribution in [1.82, 2.24) is 20.8 Å². The normalized spacial score (nSPS) is 31.5. The number of hydrogen-bond acceptors (Lipinski definition) is 7. The maximum atomic E-state index is 12.4. The van der Waals surface area contributed by atoms with Gasteiger partial charge in [-0.1, -0.05) is 13.8 Å². The van der Waals surface area contributed by atoms with E-state index in [2.05, 4.69) is 15.1 Å². The average molecular weight is 378 g/mol. The Morgan fingerprint density at radius 1 is 1.40 bits per heavy atom. The Morgan fingerprint density at radius 3 is 2.72 bits per heavy atom. The summed E-state index contributed by atoms with van der Waals surface area (Å²) in [5.74, 6) is -0.469. The molecule has 3 saturated heterocycles. The Bertz CT molecular complexity index is 667. The molecule has 0 spiro atoms. The number of nitrogens with one attached hydrogen (secondary N) is 2. The molecule has 3 aliphatic rings. The van der Waals surface area contributed by atoms with Crippen LogP contribution in [0.25, 0.3) is 0 Å². The summed E-state index contributed by atoms with van der Waals surface area (Å²) in [6, 6.07) is -2.09. The van der Waals surface area contributed by atoms with Gasteiger partial charge in [-0.3, -0.25) is 14.2 Å². The second-order valence-electron chi connectivity index (χ2n) is 7.20. The molecular formula is C13H22N4O7S. The van der Waals surface area contributed by atoms with Gasteiger partial charge in [0.2, 0.25) is 0 Å². The number of nitrogens with zero attached hydrogens (tertiary/aromatic N) is 2. The van der Waals surface area contributed by atoms with Crippen molar-refractivity contribution in [2.45, 2.75) is 44.9 Å². The lowest BCUT2D eigenvalue weighted by atomic mass is 9.90. The molecular weight excluding hydrogens is 356 g/mol. The van der Waals surface area contributed by atoms with Gasteiger partial charge in [-0.15, -0.1) is 4.28 Å². The zero-order chi connectivity index (χ0) is 18.4. The van der Waals surface area contributed by atoms with Gasteiger partial charge in [-0.2, -0.15) is 13.5 Å². The number of rotatable bonds is 5. The zero-order valence-electron chi connectivity index (χ0n) is 14.0. The van der Waals surface area contributed by atoms with Gasteiger partial charge in [0.25, 0.3) is 5.91 Å². The van der Waals surface area contributed by atoms with Crippen LogP contribution < -0.4 is 10.8 Å². The van der Waals surface area contributed by atoms with Crippen LogP contribution in [-0.2, 0) is 24.3 Å². The smallest absolute Gasteiger partial charge is 0.313 e. The first-order chi connectivity index (χ1) is 11.6. The molecule has 1 unspecified atom stereocenters. The van der Waals surface area contributed by atoms with E-state index in [0.717, 1.165) is 6.54 Å². The molecule has 0 aromatic heterocycles. The predicted molar refractivity (Wildman–Crippen MR) is 83.1 cm³/mol. The highest BCUT2D eigenvalue weighted by atomic mass is 32.3. The van der Waals surface area contributed by atoms with Gasteiger partial charge in [-0.05, 0) is 12.8 Å². The highest BCUT2D eigenvalue weighted by Gasteiger charge is 2.49. The molecule has 0 saturated carbocycles. The molecule has 3 heterocycles. The van der Waals surface area contributed by atoms with Crippen LogP contribution in [-0.4, -0.2) is 72.7 Å². The van der Waals surface area contributed by atoms with Gasteiger partial charge in [0.05, 0.1) is 6.04 Å². The van der Waals surface area contributed by atoms with Gasteiger partial charge < -0.3 is 10.2 Å². The minimum atomic E-state index is -4.80. The quantitative estimate of drug-likeness (QED) is 0.411. The third-order valence-electron chi connectivity index (χ3n) is 4.88. The van der Waals surface area contributed by atoms with E-state index in [1.807, 2.05) is 13.8 Å². The fraction of sp³-hybridized carbons (Fsp3) is 0.846. The van der Waals surface area contributed by atoms with Gasteiger partial charge in [0.1, 0.15) is 12.1 Å². The summed E-state index contributed by atoms with van der Waals surface area (Å²) < 4.78 is 34.8. The number of piperidine rings is 1. The van der Waals surface area contributed by atoms with Crippen LogP contribution in [0.4, 0.5) is 4.79 Å². The van der Waals surface area contributed by atoms with E-state index in [4.69, 9.17) is 9.39 Å². The maximum absolute atomic E-state index is 12.4. The van der Waals surface area contributed by atoms with E-state index in [1.54, 1.807) is 0 Å². The minimum absolute atomic E-state index is 0.130. The molecule has 3 N–H and O–H groups in total. The molecule has 25 heavy (non-hydrogen) atoms. The SMILES string of the molecule is CC1(C)CNCC1ONC(=O)[C@@H]1CC[C@@H]2CN1C(=O)N2OS(=O)(=O)O. The van der Waals surface area contributed by atoms with Crippen LogP contribution in [0.2, 0.25) is 0 Å². The summed E-state index contributed by atoms with van der Waals surface area (Å²) in [6.07, 6.45) is 0.511. The first kappa shape index (κ1) is 18.3. The van der Waals surface area contributed by atoms with Crippen LogP contribution in [0, 0.1) is 5.41 Å². The lowest BCUT2D eigenvalue weighted by Crippen LogP contribution is -2.51. The third-order valence-corrected chi connectivity index (χ3v) is 5.23. The van der Waals surface area contributed by atoms with E-state index in [1.165, 1.54) is 4.90 Å². The van der Waals surface area contributed by atoms with E-state index >= 15 is 0 Å². The predicted octanol–water partition coefficient (Wildman–Crippen LogP) is -0.965. The summed E-state index contributed by atoms with van der Waals surface area (Å²) in [5.41, 5.74) is 2.29. The van der Waals surface area contributed by atoms with E-state index in [-0.39, 0.29) is 18.1 Å². The Morgan fingerprint density at radius 2 is 2.12 bits per heavy atom. The van der Waals surface area contributed by atoms with Crippen molar-refractivity contribution in [1.29, 1.82) is 0 Å². The summed E-state index contributed by atoms with van der Waals surface area (Å²) in [5, 5.41) is 3.79. The maximum Gasteiger partial charge on any atom is 0.418 e. The molecule has 3 amide bonds. The molecule has 142 valence electrons. The summed E-state index contributed by atoms with van der Waals surface area (Å²) in [7, 11) is -4.80. The lowest BCUT2D eigenvalue weighted by Gasteiger charge is -2.30. The minimum Gasteiger partial charge on any atom is -0.313 e. The summed E-state index contributed by atoms with van der Waals surface area (Å²) in [4.78, 5) is 31.4. The summed E-state index contributed by atoms with van der Waals surface area (Å²) in [6.45, 7) is 5.56. The van der Waals surface area contributed by atoms with Crippen molar-refractivity contribution in [3.05, 3.63) is 0 Å². The molecule has 0 aliphatic carbocycles. The molecule has 2 bridgehead atoms. The summed E-state index contributed by atoms with van der Waals surface area (Å²) >= 11 is 0. The van der Waals surface area contributed by atoms with Crippen molar-refractivity contribution < 1.29 is 31.7 Å². The molecule has 0 radical (unpaired) electrons. The first-order valence-electron chi connectivity index (χ1n) is 8.01. The number of carbonyl (C=O) groups is 2. The van der Waals surface area contributed by atoms with Crippen LogP contribution in [0.1, 0.15) is 26.7 Å². The van der Waals surface area contributed by atoms with E-state index in [9.17, 15) is 18.0 Å². The van der Waals surface area contributed by atoms with Crippen LogP contribution >= 0.6 is 0 Å². The molecule has 0 aromatic carbocycles. The molecule has 11 nitrogen and oxygen atoms in total. The topological polar surface area (TPSA) is 138 Å². The number of amides is 3. The van der Waals surface area contributed by atoms with Crippen LogP contribution in [0.3, 0.4) is 0 Å².